The van der Waals surface area contributed by atoms with Crippen molar-refractivity contribution < 1.29 is 9.59 Å². The number of hydrogen-bond acceptors (Lipinski definition) is 4. The van der Waals surface area contributed by atoms with Crippen molar-refractivity contribution in [1.29, 1.82) is 0 Å². The molecule has 0 aliphatic carbocycles. The molecule has 7 nitrogen and oxygen atoms in total. The summed E-state index contributed by atoms with van der Waals surface area (Å²) in [6.07, 6.45) is 1.31. The number of carbonyl (C=O) groups excluding carboxylic acids is 2. The molecule has 15 heavy (non-hydrogen) atoms. The average Bonchev–Trinajstić information content (AvgIpc) is 2.63. The predicted molar refractivity (Wildman–Crippen MR) is 54.0 cm³/mol. The third-order valence-electron chi connectivity index (χ3n) is 1.90. The summed E-state index contributed by atoms with van der Waals surface area (Å²) in [6, 6.07) is -0.614. The Hall–Kier alpha value is -2.05. The highest BCUT2D eigenvalue weighted by Crippen LogP contribution is 2.05. The molecule has 1 aromatic rings. The van der Waals surface area contributed by atoms with Crippen LogP contribution < -0.4 is 16.4 Å². The number of H-pyrrole nitrogens is 1. The van der Waals surface area contributed by atoms with Crippen LogP contribution in [0.25, 0.3) is 0 Å². The predicted octanol–water partition coefficient (Wildman–Crippen LogP) is -1.14. The zero-order valence-corrected chi connectivity index (χ0v) is 8.50. The maximum atomic E-state index is 11.5. The standard InChI is InChI=1S/C8H13N5O2/c1-4(7(14)10-2)12-8(15)5-3-11-13-6(5)9/h3-4H,1-2H3,(H,10,14)(H,12,15)(H3,9,11,13). The molecule has 0 aliphatic rings. The summed E-state index contributed by atoms with van der Waals surface area (Å²) in [5.74, 6) is -0.528. The zero-order valence-electron chi connectivity index (χ0n) is 8.50. The zero-order chi connectivity index (χ0) is 11.4. The van der Waals surface area contributed by atoms with Gasteiger partial charge in [-0.05, 0) is 6.92 Å². The van der Waals surface area contributed by atoms with Crippen LogP contribution in [0, 0.1) is 0 Å². The quantitative estimate of drug-likeness (QED) is 0.506. The van der Waals surface area contributed by atoms with Gasteiger partial charge in [0.1, 0.15) is 17.4 Å². The van der Waals surface area contributed by atoms with E-state index in [1.165, 1.54) is 13.2 Å². The van der Waals surface area contributed by atoms with Crippen molar-refractivity contribution in [2.24, 2.45) is 0 Å². The Bertz CT molecular complexity index is 373. The molecule has 0 aromatic carbocycles. The van der Waals surface area contributed by atoms with E-state index in [9.17, 15) is 9.59 Å². The fraction of sp³-hybridized carbons (Fsp3) is 0.375. The first-order valence-electron chi connectivity index (χ1n) is 4.37. The van der Waals surface area contributed by atoms with Crippen molar-refractivity contribution in [3.63, 3.8) is 0 Å². The molecule has 0 saturated heterocycles. The highest BCUT2D eigenvalue weighted by Gasteiger charge is 2.17. The van der Waals surface area contributed by atoms with Gasteiger partial charge >= 0.3 is 0 Å². The number of nitrogens with one attached hydrogen (secondary N) is 3. The number of hydrogen-bond donors (Lipinski definition) is 4. The molecule has 0 fully saturated rings. The normalized spacial score (nSPS) is 11.9. The van der Waals surface area contributed by atoms with E-state index in [1.807, 2.05) is 0 Å². The van der Waals surface area contributed by atoms with E-state index in [4.69, 9.17) is 5.73 Å². The van der Waals surface area contributed by atoms with Crippen LogP contribution in [0.5, 0.6) is 0 Å². The first-order valence-corrected chi connectivity index (χ1v) is 4.37. The highest BCUT2D eigenvalue weighted by molar-refractivity contribution is 6.00. The molecule has 2 amide bonds. The van der Waals surface area contributed by atoms with Crippen LogP contribution in [0.1, 0.15) is 17.3 Å². The minimum Gasteiger partial charge on any atom is -0.383 e. The van der Waals surface area contributed by atoms with Gasteiger partial charge in [-0.1, -0.05) is 0 Å². The van der Waals surface area contributed by atoms with Crippen LogP contribution in [0.15, 0.2) is 6.20 Å². The SMILES string of the molecule is CNC(=O)C(C)NC(=O)c1cn[nH]c1N. The van der Waals surface area contributed by atoms with Crippen LogP contribution in [0.2, 0.25) is 0 Å². The van der Waals surface area contributed by atoms with Gasteiger partial charge in [0.15, 0.2) is 0 Å². The van der Waals surface area contributed by atoms with Crippen molar-refractivity contribution in [2.45, 2.75) is 13.0 Å². The summed E-state index contributed by atoms with van der Waals surface area (Å²) in [6.45, 7) is 1.58. The Labute approximate surface area is 86.4 Å². The van der Waals surface area contributed by atoms with Crippen LogP contribution in [-0.2, 0) is 4.79 Å². The minimum absolute atomic E-state index is 0.177. The van der Waals surface area contributed by atoms with Crippen LogP contribution in [0.3, 0.4) is 0 Å². The molecule has 0 radical (unpaired) electrons. The van der Waals surface area contributed by atoms with E-state index in [-0.39, 0.29) is 17.3 Å². The minimum atomic E-state index is -0.614. The molecule has 1 heterocycles. The summed E-state index contributed by atoms with van der Waals surface area (Å²) in [5.41, 5.74) is 5.67. The topological polar surface area (TPSA) is 113 Å². The van der Waals surface area contributed by atoms with Gasteiger partial charge in [-0.15, -0.1) is 0 Å². The maximum Gasteiger partial charge on any atom is 0.257 e. The van der Waals surface area contributed by atoms with Crippen molar-refractivity contribution in [3.8, 4) is 0 Å². The molecule has 0 aliphatic heterocycles. The van der Waals surface area contributed by atoms with Gasteiger partial charge in [0, 0.05) is 7.05 Å². The second-order valence-electron chi connectivity index (χ2n) is 3.01. The van der Waals surface area contributed by atoms with Gasteiger partial charge in [0.05, 0.1) is 6.20 Å². The van der Waals surface area contributed by atoms with E-state index in [0.29, 0.717) is 0 Å². The number of nitrogens with two attached hydrogens (primary N) is 1. The largest absolute Gasteiger partial charge is 0.383 e. The lowest BCUT2D eigenvalue weighted by Crippen LogP contribution is -2.43. The lowest BCUT2D eigenvalue weighted by molar-refractivity contribution is -0.122. The molecule has 5 N–H and O–H groups in total. The van der Waals surface area contributed by atoms with E-state index < -0.39 is 11.9 Å². The molecule has 82 valence electrons. The van der Waals surface area contributed by atoms with Crippen LogP contribution in [0.4, 0.5) is 5.82 Å². The van der Waals surface area contributed by atoms with E-state index >= 15 is 0 Å². The number of anilines is 1. The van der Waals surface area contributed by atoms with Gasteiger partial charge in [-0.2, -0.15) is 5.10 Å². The number of amides is 2. The fourth-order valence-electron chi connectivity index (χ4n) is 1.03. The molecule has 1 aromatic heterocycles. The van der Waals surface area contributed by atoms with E-state index in [2.05, 4.69) is 20.8 Å². The Balaban J connectivity index is 2.64. The Morgan fingerprint density at radius 2 is 2.27 bits per heavy atom. The lowest BCUT2D eigenvalue weighted by Gasteiger charge is -2.11. The van der Waals surface area contributed by atoms with Crippen molar-refractivity contribution in [2.75, 3.05) is 12.8 Å². The Morgan fingerprint density at radius 3 is 2.73 bits per heavy atom. The second-order valence-corrected chi connectivity index (χ2v) is 3.01. The second kappa shape index (κ2) is 4.45. The number of nitrogens with zero attached hydrogens (tertiary/aromatic N) is 1. The highest BCUT2D eigenvalue weighted by atomic mass is 16.2. The third-order valence-corrected chi connectivity index (χ3v) is 1.90. The Morgan fingerprint density at radius 1 is 1.60 bits per heavy atom. The maximum absolute atomic E-state index is 11.5. The van der Waals surface area contributed by atoms with Gasteiger partial charge in [0.2, 0.25) is 5.91 Å². The molecule has 0 spiro atoms. The van der Waals surface area contributed by atoms with E-state index in [0.717, 1.165) is 0 Å². The van der Waals surface area contributed by atoms with Crippen molar-refractivity contribution in [1.82, 2.24) is 20.8 Å². The van der Waals surface area contributed by atoms with Crippen molar-refractivity contribution in [3.05, 3.63) is 11.8 Å². The molecule has 1 rings (SSSR count). The number of aromatic nitrogens is 2. The van der Waals surface area contributed by atoms with Crippen molar-refractivity contribution >= 4 is 17.6 Å². The average molecular weight is 211 g/mol. The number of rotatable bonds is 3. The summed E-state index contributed by atoms with van der Waals surface area (Å²) >= 11 is 0. The summed E-state index contributed by atoms with van der Waals surface area (Å²) in [4.78, 5) is 22.6. The molecule has 1 unspecified atom stereocenters. The van der Waals surface area contributed by atoms with E-state index in [1.54, 1.807) is 6.92 Å². The molecule has 0 bridgehead atoms. The smallest absolute Gasteiger partial charge is 0.257 e. The molecular formula is C8H13N5O2. The number of aromatic amines is 1. The number of likely N-dealkylation sites (N-methyl/N-ethyl adjacent to an activating group) is 1. The van der Waals surface area contributed by atoms with Gasteiger partial charge in [0.25, 0.3) is 5.91 Å². The molecule has 0 saturated carbocycles. The van der Waals surface area contributed by atoms with Gasteiger partial charge in [-0.25, -0.2) is 0 Å². The van der Waals surface area contributed by atoms with Crippen LogP contribution >= 0.6 is 0 Å². The first kappa shape index (κ1) is 11.0. The molecular weight excluding hydrogens is 198 g/mol. The monoisotopic (exact) mass is 211 g/mol. The number of carbonyl (C=O) groups is 2. The summed E-state index contributed by atoms with van der Waals surface area (Å²) < 4.78 is 0. The fourth-order valence-corrected chi connectivity index (χ4v) is 1.03. The summed E-state index contributed by atoms with van der Waals surface area (Å²) in [7, 11) is 1.50. The molecule has 1 atom stereocenters. The van der Waals surface area contributed by atoms with Crippen LogP contribution in [-0.4, -0.2) is 35.1 Å². The molecule has 7 heteroatoms. The third kappa shape index (κ3) is 2.46. The summed E-state index contributed by atoms with van der Waals surface area (Å²) in [5, 5.41) is 10.9. The van der Waals surface area contributed by atoms with Gasteiger partial charge < -0.3 is 16.4 Å². The number of nitrogen functional groups attached to an aromatic ring is 1. The first-order chi connectivity index (χ1) is 7.06. The van der Waals surface area contributed by atoms with Gasteiger partial charge in [-0.3, -0.25) is 14.7 Å². The Kier molecular flexibility index (Phi) is 3.27. The lowest BCUT2D eigenvalue weighted by atomic mass is 10.2.